The summed E-state index contributed by atoms with van der Waals surface area (Å²) >= 11 is 0. The van der Waals surface area contributed by atoms with Crippen molar-refractivity contribution in [1.29, 1.82) is 0 Å². The molecule has 198 valence electrons. The highest BCUT2D eigenvalue weighted by Gasteiger charge is 2.25. The molecule has 0 unspecified atom stereocenters. The summed E-state index contributed by atoms with van der Waals surface area (Å²) in [5.41, 5.74) is 9.62. The van der Waals surface area contributed by atoms with Crippen molar-refractivity contribution in [3.63, 3.8) is 0 Å². The van der Waals surface area contributed by atoms with Crippen molar-refractivity contribution >= 4 is 23.2 Å². The summed E-state index contributed by atoms with van der Waals surface area (Å²) < 4.78 is 33.3. The Bertz CT molecular complexity index is 1260. The molecule has 10 heteroatoms. The number of hydrogen-bond donors (Lipinski definition) is 2. The van der Waals surface area contributed by atoms with Crippen LogP contribution in [0.3, 0.4) is 0 Å². The molecule has 0 spiro atoms. The molecule has 2 heterocycles. The second-order valence-electron chi connectivity index (χ2n) is 9.93. The van der Waals surface area contributed by atoms with E-state index in [2.05, 4.69) is 10.4 Å². The largest absolute Gasteiger partial charge is 0.497 e. The zero-order valence-corrected chi connectivity index (χ0v) is 21.9. The molecule has 1 fully saturated rings. The number of halogens is 1. The molecule has 1 saturated heterocycles. The molecule has 0 radical (unpaired) electrons. The third kappa shape index (κ3) is 6.14. The first kappa shape index (κ1) is 26.3. The molecule has 3 aromatic rings. The summed E-state index contributed by atoms with van der Waals surface area (Å²) in [7, 11) is 1.62. The predicted octanol–water partition coefficient (Wildman–Crippen LogP) is 4.82. The van der Waals surface area contributed by atoms with Crippen LogP contribution in [0.2, 0.25) is 0 Å². The van der Waals surface area contributed by atoms with Gasteiger partial charge in [-0.05, 0) is 51.5 Å². The van der Waals surface area contributed by atoms with Crippen LogP contribution >= 0.6 is 0 Å². The maximum absolute atomic E-state index is 15.4. The number of carbonyl (C=O) groups excluding carboxylic acids is 1. The number of anilines is 3. The highest BCUT2D eigenvalue weighted by molar-refractivity contribution is 5.94. The van der Waals surface area contributed by atoms with Crippen LogP contribution in [0.1, 0.15) is 32.0 Å². The molecule has 0 aliphatic carbocycles. The Morgan fingerprint density at radius 3 is 2.49 bits per heavy atom. The van der Waals surface area contributed by atoms with Crippen molar-refractivity contribution in [2.45, 2.75) is 39.8 Å². The molecule has 1 amide bonds. The van der Waals surface area contributed by atoms with Gasteiger partial charge in [-0.25, -0.2) is 9.18 Å². The van der Waals surface area contributed by atoms with Gasteiger partial charge < -0.3 is 24.8 Å². The second-order valence-corrected chi connectivity index (χ2v) is 9.93. The summed E-state index contributed by atoms with van der Waals surface area (Å²) in [5, 5.41) is 7.38. The number of morpholine rings is 1. The van der Waals surface area contributed by atoms with E-state index in [1.165, 1.54) is 6.07 Å². The van der Waals surface area contributed by atoms with Crippen LogP contribution in [0.15, 0.2) is 36.4 Å². The lowest BCUT2D eigenvalue weighted by molar-refractivity contribution is 0.0636. The van der Waals surface area contributed by atoms with Gasteiger partial charge in [0.2, 0.25) is 0 Å². The summed E-state index contributed by atoms with van der Waals surface area (Å²) in [4.78, 5) is 14.6. The number of nitrogen functional groups attached to an aromatic ring is 1. The van der Waals surface area contributed by atoms with Crippen LogP contribution in [-0.4, -0.2) is 54.9 Å². The molecule has 1 aromatic heterocycles. The molecule has 9 nitrogen and oxygen atoms in total. The molecule has 0 bridgehead atoms. The Labute approximate surface area is 216 Å². The van der Waals surface area contributed by atoms with E-state index in [1.54, 1.807) is 38.6 Å². The van der Waals surface area contributed by atoms with Crippen molar-refractivity contribution in [1.82, 2.24) is 9.78 Å². The standard InChI is InChI=1S/C27H34FN5O4/c1-17-24(29)25(33(31-17)16-18-6-8-19(35-5)9-7-18)20-14-23(32-10-12-36-13-11-32)21(28)15-22(20)30-26(34)37-27(2,3)4/h6-9,14-15H,10-13,16,29H2,1-5H3,(H,30,34). The van der Waals surface area contributed by atoms with E-state index in [9.17, 15) is 4.79 Å². The lowest BCUT2D eigenvalue weighted by Gasteiger charge is -2.30. The van der Waals surface area contributed by atoms with Gasteiger partial charge in [0.1, 0.15) is 17.2 Å². The zero-order valence-electron chi connectivity index (χ0n) is 21.9. The smallest absolute Gasteiger partial charge is 0.412 e. The number of nitrogens with two attached hydrogens (primary N) is 1. The zero-order chi connectivity index (χ0) is 26.7. The Morgan fingerprint density at radius 2 is 1.86 bits per heavy atom. The summed E-state index contributed by atoms with van der Waals surface area (Å²) in [6.07, 6.45) is -0.691. The fraction of sp³-hybridized carbons (Fsp3) is 0.407. The fourth-order valence-corrected chi connectivity index (χ4v) is 4.22. The van der Waals surface area contributed by atoms with Crippen LogP contribution in [0.25, 0.3) is 11.3 Å². The van der Waals surface area contributed by atoms with Gasteiger partial charge in [-0.2, -0.15) is 5.10 Å². The van der Waals surface area contributed by atoms with Gasteiger partial charge in [0.05, 0.1) is 55.3 Å². The number of aromatic nitrogens is 2. The minimum atomic E-state index is -0.720. The van der Waals surface area contributed by atoms with E-state index < -0.39 is 17.5 Å². The minimum Gasteiger partial charge on any atom is -0.497 e. The first-order valence-corrected chi connectivity index (χ1v) is 12.2. The van der Waals surface area contributed by atoms with E-state index in [0.29, 0.717) is 61.2 Å². The fourth-order valence-electron chi connectivity index (χ4n) is 4.22. The highest BCUT2D eigenvalue weighted by atomic mass is 19.1. The number of rotatable bonds is 6. The van der Waals surface area contributed by atoms with Gasteiger partial charge in [0, 0.05) is 24.7 Å². The predicted molar refractivity (Wildman–Crippen MR) is 142 cm³/mol. The molecule has 0 atom stereocenters. The summed E-state index contributed by atoms with van der Waals surface area (Å²) in [6, 6.07) is 10.7. The molecular formula is C27H34FN5O4. The number of nitrogens with zero attached hydrogens (tertiary/aromatic N) is 3. The van der Waals surface area contributed by atoms with Crippen molar-refractivity contribution in [2.75, 3.05) is 49.4 Å². The van der Waals surface area contributed by atoms with E-state index in [0.717, 1.165) is 11.3 Å². The van der Waals surface area contributed by atoms with Crippen molar-refractivity contribution in [3.05, 3.63) is 53.5 Å². The Morgan fingerprint density at radius 1 is 1.19 bits per heavy atom. The average molecular weight is 512 g/mol. The third-order valence-electron chi connectivity index (χ3n) is 5.99. The number of carbonyl (C=O) groups is 1. The quantitative estimate of drug-likeness (QED) is 0.489. The number of ether oxygens (including phenoxy) is 3. The van der Waals surface area contributed by atoms with Crippen LogP contribution in [0.4, 0.5) is 26.2 Å². The number of amides is 1. The number of nitrogens with one attached hydrogen (secondary N) is 1. The van der Waals surface area contributed by atoms with Crippen molar-refractivity contribution < 1.29 is 23.4 Å². The van der Waals surface area contributed by atoms with Gasteiger partial charge in [-0.3, -0.25) is 10.00 Å². The van der Waals surface area contributed by atoms with Crippen molar-refractivity contribution in [2.24, 2.45) is 0 Å². The van der Waals surface area contributed by atoms with E-state index in [-0.39, 0.29) is 5.69 Å². The first-order valence-electron chi connectivity index (χ1n) is 12.2. The first-order chi connectivity index (χ1) is 17.6. The lowest BCUT2D eigenvalue weighted by atomic mass is 10.0. The molecule has 3 N–H and O–H groups in total. The second kappa shape index (κ2) is 10.7. The number of hydrogen-bond acceptors (Lipinski definition) is 7. The van der Waals surface area contributed by atoms with E-state index in [4.69, 9.17) is 19.9 Å². The van der Waals surface area contributed by atoms with Crippen LogP contribution in [0.5, 0.6) is 5.75 Å². The average Bonchev–Trinajstić information content (AvgIpc) is 3.11. The lowest BCUT2D eigenvalue weighted by Crippen LogP contribution is -2.36. The summed E-state index contributed by atoms with van der Waals surface area (Å²) in [6.45, 7) is 9.63. The SMILES string of the molecule is COc1ccc(Cn2nc(C)c(N)c2-c2cc(N3CCOCC3)c(F)cc2NC(=O)OC(C)(C)C)cc1. The maximum Gasteiger partial charge on any atom is 0.412 e. The molecule has 1 aliphatic heterocycles. The van der Waals surface area contributed by atoms with Gasteiger partial charge in [0.25, 0.3) is 0 Å². The molecular weight excluding hydrogens is 477 g/mol. The normalized spacial score (nSPS) is 13.9. The molecule has 1 aliphatic rings. The minimum absolute atomic E-state index is 0.242. The molecule has 2 aromatic carbocycles. The molecule has 4 rings (SSSR count). The van der Waals surface area contributed by atoms with E-state index in [1.807, 2.05) is 36.1 Å². The Hall–Kier alpha value is -3.79. The third-order valence-corrected chi connectivity index (χ3v) is 5.99. The summed E-state index contributed by atoms with van der Waals surface area (Å²) in [5.74, 6) is 0.283. The van der Waals surface area contributed by atoms with Crippen LogP contribution < -0.4 is 20.7 Å². The van der Waals surface area contributed by atoms with Gasteiger partial charge >= 0.3 is 6.09 Å². The number of benzene rings is 2. The monoisotopic (exact) mass is 511 g/mol. The van der Waals surface area contributed by atoms with Crippen molar-refractivity contribution in [3.8, 4) is 17.0 Å². The highest BCUT2D eigenvalue weighted by Crippen LogP contribution is 2.39. The Kier molecular flexibility index (Phi) is 7.58. The molecule has 0 saturated carbocycles. The molecule has 37 heavy (non-hydrogen) atoms. The Balaban J connectivity index is 1.81. The van der Waals surface area contributed by atoms with E-state index >= 15 is 4.39 Å². The topological polar surface area (TPSA) is 104 Å². The van der Waals surface area contributed by atoms with Gasteiger partial charge in [0.15, 0.2) is 0 Å². The van der Waals surface area contributed by atoms with Crippen LogP contribution in [0, 0.1) is 12.7 Å². The number of methoxy groups -OCH3 is 1. The van der Waals surface area contributed by atoms with Gasteiger partial charge in [-0.15, -0.1) is 0 Å². The van der Waals surface area contributed by atoms with Crippen LogP contribution in [-0.2, 0) is 16.0 Å². The van der Waals surface area contributed by atoms with Gasteiger partial charge in [-0.1, -0.05) is 12.1 Å². The number of aryl methyl sites for hydroxylation is 1. The maximum atomic E-state index is 15.4.